The van der Waals surface area contributed by atoms with E-state index in [2.05, 4.69) is 11.4 Å². The van der Waals surface area contributed by atoms with Crippen molar-refractivity contribution in [2.24, 2.45) is 0 Å². The van der Waals surface area contributed by atoms with E-state index in [4.69, 9.17) is 14.7 Å². The van der Waals surface area contributed by atoms with Gasteiger partial charge >= 0.3 is 0 Å². The van der Waals surface area contributed by atoms with Gasteiger partial charge in [0.25, 0.3) is 0 Å². The van der Waals surface area contributed by atoms with Crippen LogP contribution in [0.5, 0.6) is 0 Å². The maximum Gasteiger partial charge on any atom is 0.106 e. The number of nitriles is 1. The fourth-order valence-electron chi connectivity index (χ4n) is 1.32. The van der Waals surface area contributed by atoms with Gasteiger partial charge in [-0.05, 0) is 20.4 Å². The van der Waals surface area contributed by atoms with Crippen molar-refractivity contribution < 1.29 is 9.47 Å². The molecule has 0 aliphatic rings. The number of hydrogen-bond donors (Lipinski definition) is 1. The largest absolute Gasteiger partial charge is 0.382 e. The van der Waals surface area contributed by atoms with Crippen LogP contribution in [0, 0.1) is 11.3 Å². The van der Waals surface area contributed by atoms with Crippen LogP contribution in [0.15, 0.2) is 0 Å². The molecule has 2 unspecified atom stereocenters. The molecule has 0 aromatic rings. The maximum absolute atomic E-state index is 8.99. The Bertz CT molecular complexity index is 203. The second-order valence-electron chi connectivity index (χ2n) is 3.86. The zero-order valence-corrected chi connectivity index (χ0v) is 10.2. The van der Waals surface area contributed by atoms with E-state index in [1.165, 1.54) is 0 Å². The molecule has 15 heavy (non-hydrogen) atoms. The van der Waals surface area contributed by atoms with E-state index in [9.17, 15) is 0 Å². The SMILES string of the molecule is CCNC(C)(C#N)CCOC(C)COC. The number of hydrogen-bond acceptors (Lipinski definition) is 4. The third-order valence-electron chi connectivity index (χ3n) is 2.22. The van der Waals surface area contributed by atoms with Crippen LogP contribution >= 0.6 is 0 Å². The van der Waals surface area contributed by atoms with Gasteiger partial charge in [-0.2, -0.15) is 5.26 Å². The van der Waals surface area contributed by atoms with E-state index in [0.29, 0.717) is 19.6 Å². The van der Waals surface area contributed by atoms with Gasteiger partial charge in [0.15, 0.2) is 0 Å². The first kappa shape index (κ1) is 14.4. The Morgan fingerprint density at radius 2 is 2.20 bits per heavy atom. The summed E-state index contributed by atoms with van der Waals surface area (Å²) in [4.78, 5) is 0. The molecular weight excluding hydrogens is 192 g/mol. The van der Waals surface area contributed by atoms with Crippen molar-refractivity contribution in [2.75, 3.05) is 26.9 Å². The summed E-state index contributed by atoms with van der Waals surface area (Å²) < 4.78 is 10.5. The molecule has 0 heterocycles. The first-order valence-corrected chi connectivity index (χ1v) is 5.34. The van der Waals surface area contributed by atoms with E-state index in [1.54, 1.807) is 7.11 Å². The Kier molecular flexibility index (Phi) is 7.31. The monoisotopic (exact) mass is 214 g/mol. The van der Waals surface area contributed by atoms with Crippen molar-refractivity contribution in [1.29, 1.82) is 5.26 Å². The highest BCUT2D eigenvalue weighted by molar-refractivity contribution is 5.03. The van der Waals surface area contributed by atoms with Gasteiger partial charge in [0.2, 0.25) is 0 Å². The lowest BCUT2D eigenvalue weighted by molar-refractivity contribution is 0.00372. The van der Waals surface area contributed by atoms with Gasteiger partial charge in [-0.15, -0.1) is 0 Å². The Hall–Kier alpha value is -0.630. The minimum absolute atomic E-state index is 0.0829. The molecule has 0 aromatic carbocycles. The minimum atomic E-state index is -0.485. The summed E-state index contributed by atoms with van der Waals surface area (Å²) >= 11 is 0. The molecule has 0 aliphatic carbocycles. The predicted octanol–water partition coefficient (Wildman–Crippen LogP) is 1.32. The van der Waals surface area contributed by atoms with Crippen molar-refractivity contribution >= 4 is 0 Å². The molecule has 0 bridgehead atoms. The molecule has 0 aliphatic heterocycles. The molecule has 0 rings (SSSR count). The topological polar surface area (TPSA) is 54.3 Å². The average molecular weight is 214 g/mol. The van der Waals surface area contributed by atoms with Crippen LogP contribution in [-0.2, 0) is 9.47 Å². The van der Waals surface area contributed by atoms with Crippen molar-refractivity contribution in [1.82, 2.24) is 5.32 Å². The smallest absolute Gasteiger partial charge is 0.106 e. The molecule has 0 spiro atoms. The van der Waals surface area contributed by atoms with Crippen LogP contribution in [0.1, 0.15) is 27.2 Å². The van der Waals surface area contributed by atoms with Crippen LogP contribution in [0.3, 0.4) is 0 Å². The molecule has 0 radical (unpaired) electrons. The molecule has 2 atom stereocenters. The lowest BCUT2D eigenvalue weighted by atomic mass is 10.0. The summed E-state index contributed by atoms with van der Waals surface area (Å²) in [5, 5.41) is 12.1. The Balaban J connectivity index is 3.77. The van der Waals surface area contributed by atoms with Gasteiger partial charge in [-0.25, -0.2) is 0 Å². The van der Waals surface area contributed by atoms with E-state index in [-0.39, 0.29) is 6.10 Å². The van der Waals surface area contributed by atoms with Crippen LogP contribution in [-0.4, -0.2) is 38.5 Å². The molecule has 4 heteroatoms. The first-order valence-electron chi connectivity index (χ1n) is 5.34. The summed E-state index contributed by atoms with van der Waals surface area (Å²) in [5.74, 6) is 0. The van der Waals surface area contributed by atoms with Gasteiger partial charge in [0.05, 0.1) is 18.8 Å². The van der Waals surface area contributed by atoms with Crippen LogP contribution in [0.25, 0.3) is 0 Å². The molecule has 0 fully saturated rings. The lowest BCUT2D eigenvalue weighted by Crippen LogP contribution is -2.42. The minimum Gasteiger partial charge on any atom is -0.382 e. The second-order valence-corrected chi connectivity index (χ2v) is 3.86. The molecule has 0 aromatic heterocycles. The standard InChI is InChI=1S/C11H22N2O2/c1-5-13-11(3,9-12)6-7-15-10(2)8-14-4/h10,13H,5-8H2,1-4H3. The molecule has 0 saturated heterocycles. The fraction of sp³-hybridized carbons (Fsp3) is 0.909. The number of nitrogens with one attached hydrogen (secondary N) is 1. The van der Waals surface area contributed by atoms with Crippen molar-refractivity contribution in [3.8, 4) is 6.07 Å². The van der Waals surface area contributed by atoms with Gasteiger partial charge < -0.3 is 9.47 Å². The van der Waals surface area contributed by atoms with Crippen molar-refractivity contribution in [2.45, 2.75) is 38.8 Å². The highest BCUT2D eigenvalue weighted by atomic mass is 16.5. The van der Waals surface area contributed by atoms with E-state index in [1.807, 2.05) is 20.8 Å². The van der Waals surface area contributed by atoms with Gasteiger partial charge in [-0.3, -0.25) is 5.32 Å². The summed E-state index contributed by atoms with van der Waals surface area (Å²) in [6, 6.07) is 2.26. The van der Waals surface area contributed by atoms with Crippen LogP contribution in [0.4, 0.5) is 0 Å². The molecular formula is C11H22N2O2. The summed E-state index contributed by atoms with van der Waals surface area (Å²) in [6.45, 7) is 7.79. The van der Waals surface area contributed by atoms with Gasteiger partial charge in [0, 0.05) is 20.1 Å². The lowest BCUT2D eigenvalue weighted by Gasteiger charge is -2.23. The summed E-state index contributed by atoms with van der Waals surface area (Å²) in [6.07, 6.45) is 0.769. The van der Waals surface area contributed by atoms with E-state index in [0.717, 1.165) is 6.54 Å². The van der Waals surface area contributed by atoms with Crippen molar-refractivity contribution in [3.05, 3.63) is 0 Å². The first-order chi connectivity index (χ1) is 7.08. The second kappa shape index (κ2) is 7.63. The third kappa shape index (κ3) is 6.45. The van der Waals surface area contributed by atoms with Crippen LogP contribution < -0.4 is 5.32 Å². The van der Waals surface area contributed by atoms with Crippen molar-refractivity contribution in [3.63, 3.8) is 0 Å². The molecule has 0 amide bonds. The maximum atomic E-state index is 8.99. The van der Waals surface area contributed by atoms with E-state index < -0.39 is 5.54 Å². The number of rotatable bonds is 8. The molecule has 1 N–H and O–H groups in total. The van der Waals surface area contributed by atoms with Crippen LogP contribution in [0.2, 0.25) is 0 Å². The summed E-state index contributed by atoms with van der Waals surface area (Å²) in [7, 11) is 1.65. The highest BCUT2D eigenvalue weighted by Crippen LogP contribution is 2.08. The highest BCUT2D eigenvalue weighted by Gasteiger charge is 2.21. The Labute approximate surface area is 92.6 Å². The summed E-state index contributed by atoms with van der Waals surface area (Å²) in [5.41, 5.74) is -0.485. The number of nitrogens with zero attached hydrogens (tertiary/aromatic N) is 1. The quantitative estimate of drug-likeness (QED) is 0.662. The Morgan fingerprint density at radius 1 is 1.53 bits per heavy atom. The fourth-order valence-corrected chi connectivity index (χ4v) is 1.32. The number of methoxy groups -OCH3 is 1. The Morgan fingerprint density at radius 3 is 2.67 bits per heavy atom. The predicted molar refractivity (Wildman–Crippen MR) is 59.6 cm³/mol. The zero-order valence-electron chi connectivity index (χ0n) is 10.2. The zero-order chi connectivity index (χ0) is 11.7. The normalized spacial score (nSPS) is 16.7. The molecule has 88 valence electrons. The third-order valence-corrected chi connectivity index (χ3v) is 2.22. The van der Waals surface area contributed by atoms with Gasteiger partial charge in [-0.1, -0.05) is 6.92 Å². The molecule has 4 nitrogen and oxygen atoms in total. The number of ether oxygens (including phenoxy) is 2. The van der Waals surface area contributed by atoms with Gasteiger partial charge in [0.1, 0.15) is 5.54 Å². The van der Waals surface area contributed by atoms with E-state index >= 15 is 0 Å². The average Bonchev–Trinajstić information content (AvgIpc) is 2.18. The molecule has 0 saturated carbocycles.